The van der Waals surface area contributed by atoms with E-state index >= 15 is 0 Å². The first-order valence-electron chi connectivity index (χ1n) is 3.33. The van der Waals surface area contributed by atoms with Gasteiger partial charge in [-0.1, -0.05) is 0 Å². The van der Waals surface area contributed by atoms with Crippen molar-refractivity contribution in [2.45, 2.75) is 6.61 Å². The van der Waals surface area contributed by atoms with E-state index in [1.165, 1.54) is 0 Å². The maximum absolute atomic E-state index is 8.68. The van der Waals surface area contributed by atoms with Crippen molar-refractivity contribution in [3.63, 3.8) is 0 Å². The Bertz CT molecular complexity index is 375. The van der Waals surface area contributed by atoms with Crippen LogP contribution in [0.15, 0.2) is 16.7 Å². The minimum Gasteiger partial charge on any atom is -0.436 e. The molecule has 0 spiro atoms. The van der Waals surface area contributed by atoms with E-state index in [-0.39, 0.29) is 6.61 Å². The third-order valence-electron chi connectivity index (χ3n) is 1.60. The van der Waals surface area contributed by atoms with Crippen molar-refractivity contribution < 1.29 is 9.52 Å². The maximum Gasteiger partial charge on any atom is 0.222 e. The van der Waals surface area contributed by atoms with Crippen molar-refractivity contribution in [1.82, 2.24) is 9.55 Å². The molecule has 0 atom stereocenters. The largest absolute Gasteiger partial charge is 0.436 e. The molecule has 2 aromatic heterocycles. The second-order valence-corrected chi connectivity index (χ2v) is 2.38. The van der Waals surface area contributed by atoms with Crippen LogP contribution in [0.25, 0.3) is 11.2 Å². The Hall–Kier alpha value is -1.29. The number of aryl methyl sites for hydroxylation is 1. The molecule has 2 rings (SSSR count). The van der Waals surface area contributed by atoms with Crippen LogP contribution in [-0.2, 0) is 13.7 Å². The Morgan fingerprint density at radius 3 is 3.18 bits per heavy atom. The van der Waals surface area contributed by atoms with Gasteiger partial charge in [-0.3, -0.25) is 0 Å². The molecule has 0 saturated carbocycles. The summed E-state index contributed by atoms with van der Waals surface area (Å²) in [4.78, 5) is 4.04. The van der Waals surface area contributed by atoms with Crippen LogP contribution in [0, 0.1) is 0 Å². The lowest BCUT2D eigenvalue weighted by Gasteiger charge is -1.85. The van der Waals surface area contributed by atoms with E-state index in [1.54, 1.807) is 0 Å². The van der Waals surface area contributed by atoms with Crippen LogP contribution in [0.2, 0.25) is 0 Å². The van der Waals surface area contributed by atoms with Gasteiger partial charge in [0.25, 0.3) is 0 Å². The van der Waals surface area contributed by atoms with Crippen LogP contribution in [0.3, 0.4) is 0 Å². The summed E-state index contributed by atoms with van der Waals surface area (Å²) in [6, 6.07) is 1.82. The quantitative estimate of drug-likeness (QED) is 0.653. The lowest BCUT2D eigenvalue weighted by atomic mass is 10.6. The molecule has 0 amide bonds. The number of aliphatic hydroxyl groups excluding tert-OH is 1. The normalized spacial score (nSPS) is 11.1. The first-order chi connectivity index (χ1) is 5.31. The molecule has 0 aliphatic carbocycles. The summed E-state index contributed by atoms with van der Waals surface area (Å²) in [5, 5.41) is 8.68. The zero-order valence-electron chi connectivity index (χ0n) is 6.11. The number of hydrogen-bond donors (Lipinski definition) is 1. The highest BCUT2D eigenvalue weighted by molar-refractivity contribution is 5.69. The predicted octanol–water partition coefficient (Wildman–Crippen LogP) is 0.659. The topological polar surface area (TPSA) is 51.2 Å². The second kappa shape index (κ2) is 2.10. The highest BCUT2D eigenvalue weighted by atomic mass is 16.4. The Morgan fingerprint density at radius 1 is 1.73 bits per heavy atom. The van der Waals surface area contributed by atoms with Gasteiger partial charge in [0.15, 0.2) is 11.2 Å². The van der Waals surface area contributed by atoms with Crippen LogP contribution in [0.1, 0.15) is 5.89 Å². The standard InChI is InChI=1S/C7H8N2O2/c1-9-3-2-5-7(9)8-6(4-10)11-5/h2-3,10H,4H2,1H3. The SMILES string of the molecule is Cn1ccc2oc(CO)nc21. The summed E-state index contributed by atoms with van der Waals surface area (Å²) < 4.78 is 7.00. The van der Waals surface area contributed by atoms with E-state index < -0.39 is 0 Å². The third kappa shape index (κ3) is 0.832. The molecule has 0 aliphatic heterocycles. The van der Waals surface area contributed by atoms with E-state index in [4.69, 9.17) is 9.52 Å². The average Bonchev–Trinajstić information content (AvgIpc) is 2.53. The van der Waals surface area contributed by atoms with Gasteiger partial charge >= 0.3 is 0 Å². The molecular formula is C7H8N2O2. The molecule has 0 saturated heterocycles. The van der Waals surface area contributed by atoms with Gasteiger partial charge in [-0.25, -0.2) is 0 Å². The molecule has 0 aliphatic rings. The average molecular weight is 152 g/mol. The van der Waals surface area contributed by atoms with Gasteiger partial charge in [0.2, 0.25) is 5.89 Å². The molecule has 11 heavy (non-hydrogen) atoms. The molecule has 0 radical (unpaired) electrons. The van der Waals surface area contributed by atoms with Gasteiger partial charge < -0.3 is 14.1 Å². The second-order valence-electron chi connectivity index (χ2n) is 2.38. The number of rotatable bonds is 1. The number of aromatic nitrogens is 2. The van der Waals surface area contributed by atoms with E-state index in [1.807, 2.05) is 23.9 Å². The van der Waals surface area contributed by atoms with Gasteiger partial charge in [0.05, 0.1) is 0 Å². The van der Waals surface area contributed by atoms with E-state index in [0.717, 1.165) is 11.2 Å². The fourth-order valence-corrected chi connectivity index (χ4v) is 1.05. The number of hydrogen-bond acceptors (Lipinski definition) is 3. The minimum atomic E-state index is -0.144. The van der Waals surface area contributed by atoms with Gasteiger partial charge in [-0.2, -0.15) is 4.98 Å². The van der Waals surface area contributed by atoms with Crippen LogP contribution in [0.5, 0.6) is 0 Å². The monoisotopic (exact) mass is 152 g/mol. The number of nitrogens with zero attached hydrogens (tertiary/aromatic N) is 2. The Labute approximate surface area is 63.1 Å². The lowest BCUT2D eigenvalue weighted by molar-refractivity contribution is 0.244. The lowest BCUT2D eigenvalue weighted by Crippen LogP contribution is -1.86. The van der Waals surface area contributed by atoms with Gasteiger partial charge in [0.1, 0.15) is 6.61 Å². The first-order valence-corrected chi connectivity index (χ1v) is 3.33. The van der Waals surface area contributed by atoms with Gasteiger partial charge in [-0.05, 0) is 0 Å². The van der Waals surface area contributed by atoms with Crippen LogP contribution in [-0.4, -0.2) is 14.7 Å². The number of aliphatic hydroxyl groups is 1. The van der Waals surface area contributed by atoms with Crippen molar-refractivity contribution >= 4 is 11.2 Å². The van der Waals surface area contributed by atoms with Crippen molar-refractivity contribution in [1.29, 1.82) is 0 Å². The molecule has 4 nitrogen and oxygen atoms in total. The third-order valence-corrected chi connectivity index (χ3v) is 1.60. The zero-order valence-corrected chi connectivity index (χ0v) is 6.11. The molecule has 0 bridgehead atoms. The van der Waals surface area contributed by atoms with Crippen molar-refractivity contribution in [3.05, 3.63) is 18.2 Å². The summed E-state index contributed by atoms with van der Waals surface area (Å²) in [6.45, 7) is -0.144. The molecule has 1 N–H and O–H groups in total. The summed E-state index contributed by atoms with van der Waals surface area (Å²) in [5.41, 5.74) is 1.49. The summed E-state index contributed by atoms with van der Waals surface area (Å²) in [5.74, 6) is 0.367. The molecule has 0 aromatic carbocycles. The highest BCUT2D eigenvalue weighted by Crippen LogP contribution is 2.15. The Kier molecular flexibility index (Phi) is 1.22. The van der Waals surface area contributed by atoms with Crippen LogP contribution >= 0.6 is 0 Å². The summed E-state index contributed by atoms with van der Waals surface area (Å²) in [7, 11) is 1.88. The number of fused-ring (bicyclic) bond motifs is 1. The zero-order chi connectivity index (χ0) is 7.84. The number of oxazole rings is 1. The van der Waals surface area contributed by atoms with E-state index in [9.17, 15) is 0 Å². The molecule has 0 unspecified atom stereocenters. The first kappa shape index (κ1) is 6.42. The Balaban J connectivity index is 2.70. The Morgan fingerprint density at radius 2 is 2.55 bits per heavy atom. The highest BCUT2D eigenvalue weighted by Gasteiger charge is 2.06. The maximum atomic E-state index is 8.68. The molecule has 2 aromatic rings. The summed E-state index contributed by atoms with van der Waals surface area (Å²) in [6.07, 6.45) is 1.86. The molecule has 4 heteroatoms. The molecule has 58 valence electrons. The van der Waals surface area contributed by atoms with E-state index in [2.05, 4.69) is 4.98 Å². The van der Waals surface area contributed by atoms with Crippen LogP contribution < -0.4 is 0 Å². The molecule has 2 heterocycles. The van der Waals surface area contributed by atoms with E-state index in [0.29, 0.717) is 5.89 Å². The van der Waals surface area contributed by atoms with Crippen molar-refractivity contribution in [2.75, 3.05) is 0 Å². The smallest absolute Gasteiger partial charge is 0.222 e. The van der Waals surface area contributed by atoms with Crippen LogP contribution in [0.4, 0.5) is 0 Å². The molecular weight excluding hydrogens is 144 g/mol. The van der Waals surface area contributed by atoms with Crippen molar-refractivity contribution in [2.24, 2.45) is 7.05 Å². The fourth-order valence-electron chi connectivity index (χ4n) is 1.05. The predicted molar refractivity (Wildman–Crippen MR) is 38.9 cm³/mol. The minimum absolute atomic E-state index is 0.144. The van der Waals surface area contributed by atoms with Gasteiger partial charge in [-0.15, -0.1) is 0 Å². The van der Waals surface area contributed by atoms with Gasteiger partial charge in [0, 0.05) is 19.3 Å². The molecule has 0 fully saturated rings. The fraction of sp³-hybridized carbons (Fsp3) is 0.286. The van der Waals surface area contributed by atoms with Crippen molar-refractivity contribution in [3.8, 4) is 0 Å². The summed E-state index contributed by atoms with van der Waals surface area (Å²) >= 11 is 0.